The first-order valence-corrected chi connectivity index (χ1v) is 11.0. The number of aromatic nitrogens is 3. The molecule has 0 unspecified atom stereocenters. The molecule has 0 fully saturated rings. The maximum Gasteiger partial charge on any atom is 0.114 e. The Kier molecular flexibility index (Phi) is 6.88. The van der Waals surface area contributed by atoms with Crippen LogP contribution in [-0.4, -0.2) is 26.7 Å². The summed E-state index contributed by atoms with van der Waals surface area (Å²) in [6.07, 6.45) is 1.76. The van der Waals surface area contributed by atoms with Crippen molar-refractivity contribution < 1.29 is 0 Å². The molecular weight excluding hydrogens is 420 g/mol. The molecule has 4 aromatic rings. The number of anilines is 1. The highest BCUT2D eigenvalue weighted by molar-refractivity contribution is 7.81. The third-order valence-electron chi connectivity index (χ3n) is 4.60. The van der Waals surface area contributed by atoms with Crippen LogP contribution in [0.1, 0.15) is 11.3 Å². The predicted molar refractivity (Wildman–Crippen MR) is 133 cm³/mol. The lowest BCUT2D eigenvalue weighted by molar-refractivity contribution is 1.07. The van der Waals surface area contributed by atoms with E-state index in [4.69, 9.17) is 4.98 Å². The molecule has 1 aromatic carbocycles. The Morgan fingerprint density at radius 2 is 1.29 bits per heavy atom. The van der Waals surface area contributed by atoms with Gasteiger partial charge in [0, 0.05) is 17.4 Å². The average Bonchev–Trinajstić information content (AvgIpc) is 2.85. The Morgan fingerprint density at radius 3 is 1.97 bits per heavy atom. The van der Waals surface area contributed by atoms with E-state index in [2.05, 4.69) is 47.1 Å². The summed E-state index contributed by atoms with van der Waals surface area (Å²) in [5.41, 5.74) is 5.89. The zero-order valence-corrected chi connectivity index (χ0v) is 18.5. The minimum Gasteiger partial charge on any atom is -0.354 e. The summed E-state index contributed by atoms with van der Waals surface area (Å²) in [4.78, 5) is 15.8. The predicted octanol–water partition coefficient (Wildman–Crippen LogP) is 5.19. The first-order valence-electron chi connectivity index (χ1n) is 9.71. The Hall–Kier alpha value is -3.27. The molecule has 0 saturated carbocycles. The molecule has 4 nitrogen and oxygen atoms in total. The second-order valence-corrected chi connectivity index (χ2v) is 7.22. The lowest BCUT2D eigenvalue weighted by atomic mass is 10.1. The zero-order valence-electron chi connectivity index (χ0n) is 16.7. The maximum absolute atomic E-state index is 4.72. The van der Waals surface area contributed by atoms with Gasteiger partial charge < -0.3 is 4.90 Å². The third-order valence-corrected chi connectivity index (χ3v) is 5.28. The highest BCUT2D eigenvalue weighted by atomic mass is 32.1. The molecule has 3 heterocycles. The summed E-state index contributed by atoms with van der Waals surface area (Å²) in [6, 6.07) is 25.4. The number of nitrogens with zero attached hydrogens (tertiary/aromatic N) is 4. The minimum absolute atomic E-state index is 0.612. The maximum atomic E-state index is 4.72. The van der Waals surface area contributed by atoms with Crippen LogP contribution in [-0.2, 0) is 0 Å². The van der Waals surface area contributed by atoms with Crippen LogP contribution in [0, 0.1) is 11.8 Å². The molecule has 31 heavy (non-hydrogen) atoms. The third kappa shape index (κ3) is 5.26. The Bertz CT molecular complexity index is 1210. The van der Waals surface area contributed by atoms with Gasteiger partial charge in [-0.25, -0.2) is 9.97 Å². The van der Waals surface area contributed by atoms with Crippen LogP contribution in [0.3, 0.4) is 0 Å². The fourth-order valence-electron chi connectivity index (χ4n) is 2.98. The van der Waals surface area contributed by atoms with Crippen LogP contribution in [0.5, 0.6) is 0 Å². The zero-order chi connectivity index (χ0) is 21.5. The van der Waals surface area contributed by atoms with Gasteiger partial charge >= 0.3 is 0 Å². The highest BCUT2D eigenvalue weighted by Crippen LogP contribution is 2.20. The van der Waals surface area contributed by atoms with Crippen molar-refractivity contribution in [1.29, 1.82) is 0 Å². The fourth-order valence-corrected chi connectivity index (χ4v) is 3.67. The second kappa shape index (κ2) is 10.2. The summed E-state index contributed by atoms with van der Waals surface area (Å²) < 4.78 is 0. The fraction of sp³-hybridized carbons (Fsp3) is 0.0800. The van der Waals surface area contributed by atoms with E-state index < -0.39 is 0 Å². The van der Waals surface area contributed by atoms with E-state index in [0.29, 0.717) is 17.4 Å². The van der Waals surface area contributed by atoms with Crippen molar-refractivity contribution in [1.82, 2.24) is 15.0 Å². The highest BCUT2D eigenvalue weighted by Gasteiger charge is 2.06. The van der Waals surface area contributed by atoms with E-state index >= 15 is 0 Å². The van der Waals surface area contributed by atoms with Gasteiger partial charge in [-0.05, 0) is 66.6 Å². The van der Waals surface area contributed by atoms with Gasteiger partial charge in [-0.3, -0.25) is 4.98 Å². The minimum atomic E-state index is 0.612. The number of rotatable bonds is 5. The van der Waals surface area contributed by atoms with Gasteiger partial charge in [0.25, 0.3) is 0 Å². The first kappa shape index (κ1) is 21.0. The SMILES string of the molecule is SCN(CS)c1ccc(C#Cc2cccc(-c3cccc(-c4ccccn4)n3)n2)cc1. The van der Waals surface area contributed by atoms with Crippen molar-refractivity contribution in [2.75, 3.05) is 16.7 Å². The molecule has 0 spiro atoms. The van der Waals surface area contributed by atoms with E-state index in [1.807, 2.05) is 83.8 Å². The number of hydrogen-bond donors (Lipinski definition) is 2. The molecule has 0 atom stereocenters. The number of pyridine rings is 3. The number of hydrogen-bond acceptors (Lipinski definition) is 6. The lowest BCUT2D eigenvalue weighted by Crippen LogP contribution is -2.18. The summed E-state index contributed by atoms with van der Waals surface area (Å²) in [5.74, 6) is 7.55. The summed E-state index contributed by atoms with van der Waals surface area (Å²) >= 11 is 8.64. The van der Waals surface area contributed by atoms with Gasteiger partial charge in [-0.1, -0.05) is 24.1 Å². The van der Waals surface area contributed by atoms with Crippen molar-refractivity contribution in [3.8, 4) is 34.6 Å². The van der Waals surface area contributed by atoms with Crippen molar-refractivity contribution in [2.45, 2.75) is 0 Å². The van der Waals surface area contributed by atoms with E-state index in [9.17, 15) is 0 Å². The smallest absolute Gasteiger partial charge is 0.114 e. The van der Waals surface area contributed by atoms with Gasteiger partial charge in [-0.15, -0.1) is 0 Å². The van der Waals surface area contributed by atoms with Gasteiger partial charge in [-0.2, -0.15) is 25.3 Å². The van der Waals surface area contributed by atoms with Crippen LogP contribution >= 0.6 is 25.3 Å². The second-order valence-electron chi connectivity index (χ2n) is 6.65. The average molecular weight is 441 g/mol. The van der Waals surface area contributed by atoms with Gasteiger partial charge in [0.05, 0.1) is 34.5 Å². The lowest BCUT2D eigenvalue weighted by Gasteiger charge is -2.19. The van der Waals surface area contributed by atoms with Crippen molar-refractivity contribution in [3.05, 3.63) is 96.3 Å². The molecule has 0 aliphatic heterocycles. The molecule has 0 N–H and O–H groups in total. The Morgan fingerprint density at radius 1 is 0.645 bits per heavy atom. The molecule has 0 saturated heterocycles. The van der Waals surface area contributed by atoms with E-state index in [1.165, 1.54) is 0 Å². The summed E-state index contributed by atoms with van der Waals surface area (Å²) in [7, 11) is 0. The van der Waals surface area contributed by atoms with Crippen LogP contribution < -0.4 is 4.90 Å². The van der Waals surface area contributed by atoms with Crippen molar-refractivity contribution in [2.24, 2.45) is 0 Å². The monoisotopic (exact) mass is 440 g/mol. The van der Waals surface area contributed by atoms with E-state index in [0.717, 1.165) is 34.0 Å². The van der Waals surface area contributed by atoms with E-state index in [-0.39, 0.29) is 0 Å². The molecule has 152 valence electrons. The Balaban J connectivity index is 1.56. The van der Waals surface area contributed by atoms with Gasteiger partial charge in [0.2, 0.25) is 0 Å². The van der Waals surface area contributed by atoms with Gasteiger partial charge in [0.15, 0.2) is 0 Å². The topological polar surface area (TPSA) is 41.9 Å². The molecule has 4 rings (SSSR count). The van der Waals surface area contributed by atoms with Crippen molar-refractivity contribution >= 4 is 30.9 Å². The number of benzene rings is 1. The van der Waals surface area contributed by atoms with E-state index in [1.54, 1.807) is 6.20 Å². The van der Waals surface area contributed by atoms with Crippen LogP contribution in [0.2, 0.25) is 0 Å². The molecule has 0 aliphatic rings. The molecule has 0 amide bonds. The van der Waals surface area contributed by atoms with Crippen LogP contribution in [0.15, 0.2) is 85.1 Å². The normalized spacial score (nSPS) is 10.3. The molecule has 0 radical (unpaired) electrons. The number of thiol groups is 2. The largest absolute Gasteiger partial charge is 0.354 e. The molecular formula is C25H20N4S2. The Labute approximate surface area is 193 Å². The van der Waals surface area contributed by atoms with Crippen LogP contribution in [0.4, 0.5) is 5.69 Å². The molecule has 3 aromatic heterocycles. The quantitative estimate of drug-likeness (QED) is 0.255. The summed E-state index contributed by atoms with van der Waals surface area (Å²) in [5, 5.41) is 0. The molecule has 6 heteroatoms. The van der Waals surface area contributed by atoms with Crippen molar-refractivity contribution in [3.63, 3.8) is 0 Å². The standard InChI is InChI=1S/C25H20N4S2/c30-17-29(18-31)21-14-11-19(12-15-21)10-13-20-5-3-7-24(27-20)25-9-4-8-23(28-25)22-6-1-2-16-26-22/h1-9,11-12,14-16,30-31H,17-18H2. The first-order chi connectivity index (χ1) is 15.3. The molecule has 0 aliphatic carbocycles. The summed E-state index contributed by atoms with van der Waals surface area (Å²) in [6.45, 7) is 0. The van der Waals surface area contributed by atoms with Gasteiger partial charge in [0.1, 0.15) is 5.69 Å². The molecule has 0 bridgehead atoms. The van der Waals surface area contributed by atoms with Crippen LogP contribution in [0.25, 0.3) is 22.8 Å².